The van der Waals surface area contributed by atoms with Gasteiger partial charge in [0.05, 0.1) is 23.9 Å². The first-order valence-electron chi connectivity index (χ1n) is 7.39. The highest BCUT2D eigenvalue weighted by Gasteiger charge is 2.14. The summed E-state index contributed by atoms with van der Waals surface area (Å²) in [5.74, 6) is 1.76. The van der Waals surface area contributed by atoms with E-state index in [1.54, 1.807) is 11.3 Å². The molecule has 4 nitrogen and oxygen atoms in total. The lowest BCUT2D eigenvalue weighted by Gasteiger charge is -2.09. The molecule has 0 saturated carbocycles. The van der Waals surface area contributed by atoms with E-state index in [9.17, 15) is 0 Å². The van der Waals surface area contributed by atoms with Crippen LogP contribution >= 0.6 is 11.3 Å². The maximum Gasteiger partial charge on any atom is 0.119 e. The second kappa shape index (κ2) is 6.91. The van der Waals surface area contributed by atoms with Gasteiger partial charge in [0, 0.05) is 30.8 Å². The van der Waals surface area contributed by atoms with E-state index >= 15 is 0 Å². The molecule has 1 aliphatic rings. The highest BCUT2D eigenvalue weighted by atomic mass is 32.1. The van der Waals surface area contributed by atoms with Crippen LogP contribution in [0.2, 0.25) is 0 Å². The molecule has 0 bridgehead atoms. The molecule has 0 amide bonds. The van der Waals surface area contributed by atoms with Crippen LogP contribution < -0.4 is 14.8 Å². The Morgan fingerprint density at radius 1 is 1.19 bits per heavy atom. The van der Waals surface area contributed by atoms with Crippen LogP contribution in [-0.2, 0) is 19.4 Å². The predicted octanol–water partition coefficient (Wildman–Crippen LogP) is 2.81. The van der Waals surface area contributed by atoms with Gasteiger partial charge in [0.15, 0.2) is 0 Å². The van der Waals surface area contributed by atoms with Crippen molar-refractivity contribution in [3.63, 3.8) is 0 Å². The molecule has 0 aliphatic carbocycles. The molecule has 2 heterocycles. The smallest absolute Gasteiger partial charge is 0.119 e. The Bertz CT molecular complexity index is 557. The number of nitrogens with one attached hydrogen (secondary N) is 1. The van der Waals surface area contributed by atoms with Crippen molar-refractivity contribution in [3.8, 4) is 11.5 Å². The van der Waals surface area contributed by atoms with E-state index in [1.807, 2.05) is 31.2 Å². The molecule has 1 aliphatic heterocycles. The van der Waals surface area contributed by atoms with Crippen molar-refractivity contribution in [2.75, 3.05) is 19.8 Å². The number of rotatable bonds is 6. The maximum absolute atomic E-state index is 5.77. The molecule has 21 heavy (non-hydrogen) atoms. The van der Waals surface area contributed by atoms with E-state index in [4.69, 9.17) is 14.5 Å². The third-order valence-corrected chi connectivity index (χ3v) is 4.52. The first-order chi connectivity index (χ1) is 10.3. The van der Waals surface area contributed by atoms with Crippen molar-refractivity contribution in [2.45, 2.75) is 26.3 Å². The largest absolute Gasteiger partial charge is 0.494 e. The summed E-state index contributed by atoms with van der Waals surface area (Å²) in [6, 6.07) is 7.77. The standard InChI is InChI=1S/C16H20N2O2S/c1-2-19-12-3-5-13(6-4-12)20-10-8-16-18-14-7-9-17-11-15(14)21-16/h3-6,17H,2,7-11H2,1H3. The van der Waals surface area contributed by atoms with Crippen LogP contribution in [0.5, 0.6) is 11.5 Å². The molecule has 1 aromatic heterocycles. The first kappa shape index (κ1) is 14.4. The van der Waals surface area contributed by atoms with E-state index in [0.29, 0.717) is 13.2 Å². The lowest BCUT2D eigenvalue weighted by molar-refractivity contribution is 0.318. The Labute approximate surface area is 129 Å². The van der Waals surface area contributed by atoms with Crippen LogP contribution in [0.25, 0.3) is 0 Å². The van der Waals surface area contributed by atoms with Crippen molar-refractivity contribution in [2.24, 2.45) is 0 Å². The van der Waals surface area contributed by atoms with Crippen molar-refractivity contribution in [1.29, 1.82) is 0 Å². The number of hydrogen-bond acceptors (Lipinski definition) is 5. The zero-order valence-electron chi connectivity index (χ0n) is 12.2. The molecule has 0 spiro atoms. The lowest BCUT2D eigenvalue weighted by atomic mass is 10.2. The topological polar surface area (TPSA) is 43.4 Å². The zero-order chi connectivity index (χ0) is 14.5. The van der Waals surface area contributed by atoms with Gasteiger partial charge in [0.2, 0.25) is 0 Å². The molecule has 1 aromatic carbocycles. The molecule has 0 atom stereocenters. The molecule has 0 saturated heterocycles. The summed E-state index contributed by atoms with van der Waals surface area (Å²) in [6.45, 7) is 5.33. The average Bonchev–Trinajstić information content (AvgIpc) is 2.92. The number of thiazole rings is 1. The lowest BCUT2D eigenvalue weighted by Crippen LogP contribution is -2.22. The quantitative estimate of drug-likeness (QED) is 0.891. The SMILES string of the molecule is CCOc1ccc(OCCc2nc3c(s2)CNCC3)cc1. The van der Waals surface area contributed by atoms with Gasteiger partial charge in [-0.3, -0.25) is 0 Å². The Kier molecular flexibility index (Phi) is 4.72. The van der Waals surface area contributed by atoms with Crippen molar-refractivity contribution < 1.29 is 9.47 Å². The molecule has 2 aromatic rings. The van der Waals surface area contributed by atoms with Gasteiger partial charge < -0.3 is 14.8 Å². The summed E-state index contributed by atoms with van der Waals surface area (Å²) < 4.78 is 11.2. The van der Waals surface area contributed by atoms with Crippen LogP contribution in [-0.4, -0.2) is 24.7 Å². The van der Waals surface area contributed by atoms with Gasteiger partial charge in [0.25, 0.3) is 0 Å². The molecule has 0 radical (unpaired) electrons. The van der Waals surface area contributed by atoms with E-state index in [1.165, 1.54) is 15.6 Å². The Morgan fingerprint density at radius 3 is 2.67 bits per heavy atom. The second-order valence-electron chi connectivity index (χ2n) is 4.91. The monoisotopic (exact) mass is 304 g/mol. The van der Waals surface area contributed by atoms with Gasteiger partial charge in [-0.25, -0.2) is 4.98 Å². The van der Waals surface area contributed by atoms with Crippen LogP contribution in [0.4, 0.5) is 0 Å². The van der Waals surface area contributed by atoms with Gasteiger partial charge in [-0.15, -0.1) is 11.3 Å². The van der Waals surface area contributed by atoms with E-state index in [0.717, 1.165) is 37.4 Å². The zero-order valence-corrected chi connectivity index (χ0v) is 13.0. The molecular weight excluding hydrogens is 284 g/mol. The van der Waals surface area contributed by atoms with Crippen LogP contribution in [0.1, 0.15) is 22.5 Å². The number of hydrogen-bond donors (Lipinski definition) is 1. The van der Waals surface area contributed by atoms with Gasteiger partial charge in [-0.1, -0.05) is 0 Å². The highest BCUT2D eigenvalue weighted by Crippen LogP contribution is 2.22. The minimum absolute atomic E-state index is 0.661. The molecule has 3 rings (SSSR count). The summed E-state index contributed by atoms with van der Waals surface area (Å²) in [4.78, 5) is 6.09. The maximum atomic E-state index is 5.77. The van der Waals surface area contributed by atoms with Crippen LogP contribution in [0, 0.1) is 0 Å². The summed E-state index contributed by atoms with van der Waals surface area (Å²) >= 11 is 1.81. The van der Waals surface area contributed by atoms with Gasteiger partial charge in [-0.2, -0.15) is 0 Å². The van der Waals surface area contributed by atoms with Crippen LogP contribution in [0.3, 0.4) is 0 Å². The normalized spacial score (nSPS) is 13.8. The Balaban J connectivity index is 1.50. The van der Waals surface area contributed by atoms with E-state index in [2.05, 4.69) is 5.32 Å². The van der Waals surface area contributed by atoms with Crippen molar-refractivity contribution >= 4 is 11.3 Å². The fourth-order valence-corrected chi connectivity index (χ4v) is 3.41. The molecule has 5 heteroatoms. The minimum atomic E-state index is 0.661. The number of benzene rings is 1. The minimum Gasteiger partial charge on any atom is -0.494 e. The van der Waals surface area contributed by atoms with E-state index < -0.39 is 0 Å². The Morgan fingerprint density at radius 2 is 1.95 bits per heavy atom. The van der Waals surface area contributed by atoms with Crippen molar-refractivity contribution in [1.82, 2.24) is 10.3 Å². The molecule has 112 valence electrons. The van der Waals surface area contributed by atoms with Crippen molar-refractivity contribution in [3.05, 3.63) is 39.8 Å². The fourth-order valence-electron chi connectivity index (χ4n) is 2.34. The summed E-state index contributed by atoms with van der Waals surface area (Å²) in [7, 11) is 0. The average molecular weight is 304 g/mol. The van der Waals surface area contributed by atoms with Crippen LogP contribution in [0.15, 0.2) is 24.3 Å². The van der Waals surface area contributed by atoms with Gasteiger partial charge >= 0.3 is 0 Å². The predicted molar refractivity (Wildman–Crippen MR) is 84.3 cm³/mol. The molecule has 1 N–H and O–H groups in total. The molecule has 0 unspecified atom stereocenters. The summed E-state index contributed by atoms with van der Waals surface area (Å²) in [6.07, 6.45) is 1.91. The molecule has 0 fully saturated rings. The second-order valence-corrected chi connectivity index (χ2v) is 6.08. The molecular formula is C16H20N2O2S. The third-order valence-electron chi connectivity index (χ3n) is 3.37. The Hall–Kier alpha value is -1.59. The fraction of sp³-hybridized carbons (Fsp3) is 0.438. The summed E-state index contributed by atoms with van der Waals surface area (Å²) in [5.41, 5.74) is 1.27. The number of aromatic nitrogens is 1. The van der Waals surface area contributed by atoms with Gasteiger partial charge in [0.1, 0.15) is 11.5 Å². The number of nitrogens with zero attached hydrogens (tertiary/aromatic N) is 1. The highest BCUT2D eigenvalue weighted by molar-refractivity contribution is 7.11. The summed E-state index contributed by atoms with van der Waals surface area (Å²) in [5, 5.41) is 4.55. The first-order valence-corrected chi connectivity index (χ1v) is 8.20. The van der Waals surface area contributed by atoms with E-state index in [-0.39, 0.29) is 0 Å². The van der Waals surface area contributed by atoms with Gasteiger partial charge in [-0.05, 0) is 31.2 Å². The number of ether oxygens (including phenoxy) is 2. The third kappa shape index (κ3) is 3.74. The number of fused-ring (bicyclic) bond motifs is 1.